The molecule has 1 aliphatic carbocycles. The van der Waals surface area contributed by atoms with E-state index in [9.17, 15) is 9.59 Å². The van der Waals surface area contributed by atoms with E-state index in [-0.39, 0.29) is 12.1 Å². The van der Waals surface area contributed by atoms with Gasteiger partial charge < -0.3 is 10.0 Å². The van der Waals surface area contributed by atoms with Crippen molar-refractivity contribution in [2.75, 3.05) is 6.61 Å². The average Bonchev–Trinajstić information content (AvgIpc) is 3.02. The second-order valence-corrected chi connectivity index (χ2v) is 4.86. The Morgan fingerprint density at radius 2 is 2.33 bits per heavy atom. The van der Waals surface area contributed by atoms with E-state index >= 15 is 0 Å². The molecule has 1 aromatic heterocycles. The fourth-order valence-corrected chi connectivity index (χ4v) is 2.21. The number of carbonyl (C=O) groups excluding carboxylic acids is 1. The summed E-state index contributed by atoms with van der Waals surface area (Å²) in [5.41, 5.74) is 3.23. The highest BCUT2D eigenvalue weighted by Gasteiger charge is 2.32. The molecule has 1 saturated carbocycles. The third-order valence-corrected chi connectivity index (χ3v) is 3.27. The standard InChI is InChI=1S/C11H14N2O4S/c14-10(15)6-17-12-11(16)13(9-1-2-9)5-8-3-4-18-7-8/h3-4,7,9H,1-2,5-6H2,(H,12,16)(H,14,15). The largest absolute Gasteiger partial charge is 0.479 e. The van der Waals surface area contributed by atoms with Crippen molar-refractivity contribution in [2.45, 2.75) is 25.4 Å². The Labute approximate surface area is 108 Å². The summed E-state index contributed by atoms with van der Waals surface area (Å²) in [5, 5.41) is 12.3. The molecule has 0 unspecified atom stereocenters. The molecule has 0 saturated heterocycles. The maximum atomic E-state index is 11.8. The maximum Gasteiger partial charge on any atom is 0.341 e. The van der Waals surface area contributed by atoms with Crippen LogP contribution in [0.2, 0.25) is 0 Å². The van der Waals surface area contributed by atoms with E-state index < -0.39 is 12.6 Å². The first-order valence-corrected chi connectivity index (χ1v) is 6.52. The summed E-state index contributed by atoms with van der Waals surface area (Å²) in [5.74, 6) is -1.12. The molecule has 0 aliphatic heterocycles. The van der Waals surface area contributed by atoms with Crippen molar-refractivity contribution in [3.05, 3.63) is 22.4 Å². The minimum atomic E-state index is -1.12. The van der Waals surface area contributed by atoms with Crippen molar-refractivity contribution in [2.24, 2.45) is 0 Å². The zero-order valence-electron chi connectivity index (χ0n) is 9.67. The third-order valence-electron chi connectivity index (χ3n) is 2.54. The molecular formula is C11H14N2O4S. The molecule has 2 N–H and O–H groups in total. The number of hydroxylamine groups is 1. The van der Waals surface area contributed by atoms with Gasteiger partial charge in [-0.2, -0.15) is 11.3 Å². The van der Waals surface area contributed by atoms with Gasteiger partial charge in [-0.3, -0.25) is 4.84 Å². The Morgan fingerprint density at radius 3 is 2.89 bits per heavy atom. The van der Waals surface area contributed by atoms with E-state index in [1.807, 2.05) is 16.8 Å². The fourth-order valence-electron chi connectivity index (χ4n) is 1.55. The van der Waals surface area contributed by atoms with Gasteiger partial charge in [0.2, 0.25) is 0 Å². The summed E-state index contributed by atoms with van der Waals surface area (Å²) in [6, 6.07) is 1.81. The van der Waals surface area contributed by atoms with E-state index in [2.05, 4.69) is 10.3 Å². The Bertz CT molecular complexity index is 417. The zero-order valence-corrected chi connectivity index (χ0v) is 10.5. The van der Waals surface area contributed by atoms with E-state index in [0.717, 1.165) is 18.4 Å². The molecule has 1 heterocycles. The van der Waals surface area contributed by atoms with E-state index in [0.29, 0.717) is 6.54 Å². The van der Waals surface area contributed by atoms with Crippen molar-refractivity contribution >= 4 is 23.3 Å². The van der Waals surface area contributed by atoms with Crippen molar-refractivity contribution in [3.63, 3.8) is 0 Å². The van der Waals surface area contributed by atoms with Crippen molar-refractivity contribution < 1.29 is 19.5 Å². The smallest absolute Gasteiger partial charge is 0.341 e. The summed E-state index contributed by atoms with van der Waals surface area (Å²) in [7, 11) is 0. The summed E-state index contributed by atoms with van der Waals surface area (Å²) in [6.07, 6.45) is 1.97. The third kappa shape index (κ3) is 3.71. The lowest BCUT2D eigenvalue weighted by Crippen LogP contribution is -2.41. The highest BCUT2D eigenvalue weighted by Crippen LogP contribution is 2.28. The predicted molar refractivity (Wildman–Crippen MR) is 65.0 cm³/mol. The fraction of sp³-hybridized carbons (Fsp3) is 0.455. The monoisotopic (exact) mass is 270 g/mol. The van der Waals surface area contributed by atoms with Gasteiger partial charge in [-0.05, 0) is 35.2 Å². The van der Waals surface area contributed by atoms with Crippen molar-refractivity contribution in [1.82, 2.24) is 10.4 Å². The second kappa shape index (κ2) is 5.83. The number of urea groups is 1. The number of hydrogen-bond donors (Lipinski definition) is 2. The number of carboxylic acid groups (broad SMARTS) is 1. The highest BCUT2D eigenvalue weighted by molar-refractivity contribution is 7.07. The predicted octanol–water partition coefficient (Wildman–Crippen LogP) is 1.44. The molecule has 0 aromatic carbocycles. The van der Waals surface area contributed by atoms with Gasteiger partial charge in [-0.15, -0.1) is 0 Å². The van der Waals surface area contributed by atoms with Crippen LogP contribution in [0.5, 0.6) is 0 Å². The minimum absolute atomic E-state index is 0.235. The van der Waals surface area contributed by atoms with Crippen LogP contribution in [0.3, 0.4) is 0 Å². The summed E-state index contributed by atoms with van der Waals surface area (Å²) >= 11 is 1.58. The van der Waals surface area contributed by atoms with Gasteiger partial charge in [0.05, 0.1) is 0 Å². The number of carbonyl (C=O) groups is 2. The van der Waals surface area contributed by atoms with Crippen LogP contribution in [-0.2, 0) is 16.2 Å². The Morgan fingerprint density at radius 1 is 1.56 bits per heavy atom. The minimum Gasteiger partial charge on any atom is -0.479 e. The van der Waals surface area contributed by atoms with Crippen LogP contribution in [0.1, 0.15) is 18.4 Å². The second-order valence-electron chi connectivity index (χ2n) is 4.08. The van der Waals surface area contributed by atoms with Crippen LogP contribution in [-0.4, -0.2) is 34.7 Å². The lowest BCUT2D eigenvalue weighted by Gasteiger charge is -2.21. The first-order valence-electron chi connectivity index (χ1n) is 5.58. The molecule has 98 valence electrons. The molecule has 0 spiro atoms. The van der Waals surface area contributed by atoms with Crippen LogP contribution in [0.15, 0.2) is 16.8 Å². The molecule has 0 bridgehead atoms. The first kappa shape index (κ1) is 12.8. The summed E-state index contributed by atoms with van der Waals surface area (Å²) < 4.78 is 0. The van der Waals surface area contributed by atoms with Crippen LogP contribution < -0.4 is 5.48 Å². The molecule has 2 amide bonds. The van der Waals surface area contributed by atoms with Crippen molar-refractivity contribution in [1.29, 1.82) is 0 Å². The quantitative estimate of drug-likeness (QED) is 0.767. The summed E-state index contributed by atoms with van der Waals surface area (Å²) in [4.78, 5) is 28.4. The SMILES string of the molecule is O=C(O)CONC(=O)N(Cc1ccsc1)C1CC1. The lowest BCUT2D eigenvalue weighted by atomic mass is 10.3. The molecular weight excluding hydrogens is 256 g/mol. The van der Waals surface area contributed by atoms with Gasteiger partial charge in [0.25, 0.3) is 0 Å². The zero-order chi connectivity index (χ0) is 13.0. The van der Waals surface area contributed by atoms with Gasteiger partial charge in [0.1, 0.15) is 0 Å². The Hall–Kier alpha value is -1.60. The number of carboxylic acids is 1. The number of aliphatic carboxylic acids is 1. The number of amides is 2. The molecule has 1 fully saturated rings. The van der Waals surface area contributed by atoms with Crippen LogP contribution >= 0.6 is 11.3 Å². The molecule has 7 heteroatoms. The molecule has 0 radical (unpaired) electrons. The normalized spacial score (nSPS) is 14.2. The Balaban J connectivity index is 1.85. The van der Waals surface area contributed by atoms with Gasteiger partial charge in [0.15, 0.2) is 6.61 Å². The van der Waals surface area contributed by atoms with Gasteiger partial charge in [-0.25, -0.2) is 15.1 Å². The van der Waals surface area contributed by atoms with Gasteiger partial charge >= 0.3 is 12.0 Å². The van der Waals surface area contributed by atoms with Crippen LogP contribution in [0.25, 0.3) is 0 Å². The number of rotatable bonds is 6. The number of thiophene rings is 1. The lowest BCUT2D eigenvalue weighted by molar-refractivity contribution is -0.144. The number of hydrogen-bond acceptors (Lipinski definition) is 4. The topological polar surface area (TPSA) is 78.9 Å². The van der Waals surface area contributed by atoms with Crippen LogP contribution in [0.4, 0.5) is 4.79 Å². The molecule has 18 heavy (non-hydrogen) atoms. The highest BCUT2D eigenvalue weighted by atomic mass is 32.1. The van der Waals surface area contributed by atoms with E-state index in [1.54, 1.807) is 16.2 Å². The molecule has 1 aliphatic rings. The molecule has 0 atom stereocenters. The number of nitrogens with one attached hydrogen (secondary N) is 1. The first-order chi connectivity index (χ1) is 8.66. The van der Waals surface area contributed by atoms with Gasteiger partial charge in [0, 0.05) is 12.6 Å². The van der Waals surface area contributed by atoms with Crippen molar-refractivity contribution in [3.8, 4) is 0 Å². The Kier molecular flexibility index (Phi) is 4.16. The van der Waals surface area contributed by atoms with E-state index in [1.165, 1.54) is 0 Å². The molecule has 6 nitrogen and oxygen atoms in total. The number of nitrogens with zero attached hydrogens (tertiary/aromatic N) is 1. The van der Waals surface area contributed by atoms with E-state index in [4.69, 9.17) is 5.11 Å². The average molecular weight is 270 g/mol. The van der Waals surface area contributed by atoms with Crippen LogP contribution in [0, 0.1) is 0 Å². The molecule has 1 aromatic rings. The summed E-state index contributed by atoms with van der Waals surface area (Å²) in [6.45, 7) is -0.0148. The maximum absolute atomic E-state index is 11.8. The molecule has 2 rings (SSSR count). The van der Waals surface area contributed by atoms with Gasteiger partial charge in [-0.1, -0.05) is 0 Å².